The summed E-state index contributed by atoms with van der Waals surface area (Å²) in [6, 6.07) is 5.78. The molecule has 1 aromatic carbocycles. The van der Waals surface area contributed by atoms with Crippen LogP contribution in [0.5, 0.6) is 0 Å². The Balaban J connectivity index is 1.69. The van der Waals surface area contributed by atoms with Crippen molar-refractivity contribution in [3.63, 3.8) is 0 Å². The van der Waals surface area contributed by atoms with Crippen LogP contribution in [0, 0.1) is 36.4 Å². The molecule has 170 valence electrons. The van der Waals surface area contributed by atoms with Crippen LogP contribution in [-0.4, -0.2) is 24.5 Å². The topological polar surface area (TPSA) is 95.5 Å². The van der Waals surface area contributed by atoms with Gasteiger partial charge in [-0.2, -0.15) is 0 Å². The van der Waals surface area contributed by atoms with Crippen molar-refractivity contribution in [3.05, 3.63) is 40.5 Å². The summed E-state index contributed by atoms with van der Waals surface area (Å²) in [5.41, 5.74) is 1.43. The average Bonchev–Trinajstić information content (AvgIpc) is 3.45. The van der Waals surface area contributed by atoms with Gasteiger partial charge in [-0.25, -0.2) is 9.18 Å². The van der Waals surface area contributed by atoms with Crippen LogP contribution in [-0.2, 0) is 14.3 Å². The number of esters is 1. The lowest BCUT2D eigenvalue weighted by Crippen LogP contribution is -2.44. The van der Waals surface area contributed by atoms with Gasteiger partial charge in [-0.05, 0) is 62.1 Å². The minimum Gasteiger partial charge on any atom is -0.550 e. The van der Waals surface area contributed by atoms with Crippen molar-refractivity contribution in [2.45, 2.75) is 39.5 Å². The lowest BCUT2D eigenvalue weighted by Gasteiger charge is -2.30. The summed E-state index contributed by atoms with van der Waals surface area (Å²) in [6.45, 7) is 3.92. The number of carboxylic acids is 1. The van der Waals surface area contributed by atoms with Crippen molar-refractivity contribution in [2.75, 3.05) is 11.9 Å². The Morgan fingerprint density at radius 1 is 1.16 bits per heavy atom. The van der Waals surface area contributed by atoms with E-state index in [1.54, 1.807) is 12.1 Å². The monoisotopic (exact) mass is 458 g/mol. The number of halogens is 1. The van der Waals surface area contributed by atoms with E-state index in [-0.39, 0.29) is 24.0 Å². The lowest BCUT2D eigenvalue weighted by molar-refractivity contribution is -0.314. The van der Waals surface area contributed by atoms with Gasteiger partial charge in [-0.3, -0.25) is 4.79 Å². The molecular formula is C24H25FNO5S-. The first-order chi connectivity index (χ1) is 15.3. The molecule has 2 aromatic rings. The number of aliphatic carboxylic acids is 1. The third-order valence-electron chi connectivity index (χ3n) is 6.59. The number of benzene rings is 1. The van der Waals surface area contributed by atoms with Crippen molar-refractivity contribution in [2.24, 2.45) is 23.7 Å². The molecule has 32 heavy (non-hydrogen) atoms. The zero-order valence-electron chi connectivity index (χ0n) is 18.0. The Morgan fingerprint density at radius 2 is 1.81 bits per heavy atom. The first-order valence-corrected chi connectivity index (χ1v) is 11.7. The number of rotatable bonds is 7. The number of carboxylic acid groups (broad SMARTS) is 1. The van der Waals surface area contributed by atoms with Crippen LogP contribution in [0.2, 0.25) is 0 Å². The van der Waals surface area contributed by atoms with Crippen molar-refractivity contribution < 1.29 is 28.6 Å². The molecule has 1 aromatic heterocycles. The molecule has 2 aliphatic rings. The SMILES string of the molecule is CCCOC(=O)c1c(NC(=O)[C@H]2[C@@H]3CC[C@H](C3)[C@@H]2C(=O)[O-])sc(C)c1-c1ccc(F)cc1. The van der Waals surface area contributed by atoms with E-state index in [0.29, 0.717) is 29.0 Å². The fourth-order valence-electron chi connectivity index (χ4n) is 5.26. The van der Waals surface area contributed by atoms with Crippen molar-refractivity contribution >= 4 is 34.2 Å². The Kier molecular flexibility index (Phi) is 6.33. The Hall–Kier alpha value is -2.74. The number of hydrogen-bond donors (Lipinski definition) is 1. The smallest absolute Gasteiger partial charge is 0.341 e. The first-order valence-electron chi connectivity index (χ1n) is 10.9. The molecule has 1 amide bonds. The van der Waals surface area contributed by atoms with E-state index in [9.17, 15) is 23.9 Å². The summed E-state index contributed by atoms with van der Waals surface area (Å²) in [7, 11) is 0. The molecule has 0 spiro atoms. The van der Waals surface area contributed by atoms with Gasteiger partial charge in [-0.15, -0.1) is 11.3 Å². The molecule has 0 radical (unpaired) electrons. The van der Waals surface area contributed by atoms with E-state index in [1.165, 1.54) is 23.5 Å². The third-order valence-corrected chi connectivity index (χ3v) is 7.61. The van der Waals surface area contributed by atoms with Crippen LogP contribution in [0.4, 0.5) is 9.39 Å². The lowest BCUT2D eigenvalue weighted by atomic mass is 9.78. The van der Waals surface area contributed by atoms with Gasteiger partial charge >= 0.3 is 5.97 Å². The maximum absolute atomic E-state index is 13.5. The number of aryl methyl sites for hydroxylation is 1. The highest BCUT2D eigenvalue weighted by Gasteiger charge is 2.51. The van der Waals surface area contributed by atoms with Gasteiger partial charge < -0.3 is 20.0 Å². The highest BCUT2D eigenvalue weighted by atomic mass is 32.1. The van der Waals surface area contributed by atoms with Gasteiger partial charge in [0.05, 0.1) is 6.61 Å². The molecule has 1 N–H and O–H groups in total. The molecule has 1 heterocycles. The number of ether oxygens (including phenoxy) is 1. The molecule has 2 bridgehead atoms. The standard InChI is InChI=1S/C24H26FNO5S/c1-3-10-31-24(30)20-17(13-6-8-16(25)9-7-13)12(2)32-22(20)26-21(27)18-14-4-5-15(11-14)19(18)23(28)29/h6-9,14-15,18-19H,3-5,10-11H2,1-2H3,(H,26,27)(H,28,29)/p-1/t14-,15-,18+,19+/m1/s1. The minimum atomic E-state index is -1.19. The molecule has 2 saturated carbocycles. The number of nitrogens with one attached hydrogen (secondary N) is 1. The molecule has 2 aliphatic carbocycles. The number of hydrogen-bond acceptors (Lipinski definition) is 6. The number of carbonyl (C=O) groups is 3. The fourth-order valence-corrected chi connectivity index (χ4v) is 6.33. The van der Waals surface area contributed by atoms with Crippen LogP contribution in [0.1, 0.15) is 47.8 Å². The summed E-state index contributed by atoms with van der Waals surface area (Å²) < 4.78 is 18.8. The van der Waals surface area contributed by atoms with Gasteiger partial charge in [0.1, 0.15) is 16.4 Å². The molecule has 4 atom stereocenters. The van der Waals surface area contributed by atoms with E-state index >= 15 is 0 Å². The summed E-state index contributed by atoms with van der Waals surface area (Å²) in [4.78, 5) is 38.7. The predicted molar refractivity (Wildman–Crippen MR) is 116 cm³/mol. The highest BCUT2D eigenvalue weighted by molar-refractivity contribution is 7.17. The van der Waals surface area contributed by atoms with Crippen LogP contribution in [0.3, 0.4) is 0 Å². The van der Waals surface area contributed by atoms with Crippen LogP contribution in [0.15, 0.2) is 24.3 Å². The van der Waals surface area contributed by atoms with Gasteiger partial charge in [0.15, 0.2) is 0 Å². The summed E-state index contributed by atoms with van der Waals surface area (Å²) in [6.07, 6.45) is 2.98. The molecule has 0 aliphatic heterocycles. The zero-order chi connectivity index (χ0) is 23.0. The second kappa shape index (κ2) is 9.02. The fraction of sp³-hybridized carbons (Fsp3) is 0.458. The van der Waals surface area contributed by atoms with Crippen LogP contribution >= 0.6 is 11.3 Å². The van der Waals surface area contributed by atoms with E-state index in [2.05, 4.69) is 5.32 Å². The number of carbonyl (C=O) groups excluding carboxylic acids is 3. The van der Waals surface area contributed by atoms with Crippen LogP contribution in [0.25, 0.3) is 11.1 Å². The quantitative estimate of drug-likeness (QED) is 0.637. The largest absolute Gasteiger partial charge is 0.550 e. The Morgan fingerprint density at radius 3 is 2.44 bits per heavy atom. The van der Waals surface area contributed by atoms with Gasteiger partial charge in [-0.1, -0.05) is 19.1 Å². The minimum absolute atomic E-state index is 0.0102. The zero-order valence-corrected chi connectivity index (χ0v) is 18.8. The molecule has 0 unspecified atom stereocenters. The van der Waals surface area contributed by atoms with Gasteiger partial charge in [0.2, 0.25) is 5.91 Å². The summed E-state index contributed by atoms with van der Waals surface area (Å²) in [5.74, 6) is -4.05. The molecule has 8 heteroatoms. The first kappa shape index (κ1) is 22.5. The van der Waals surface area contributed by atoms with E-state index in [0.717, 1.165) is 17.7 Å². The van der Waals surface area contributed by atoms with Gasteiger partial charge in [0.25, 0.3) is 0 Å². The summed E-state index contributed by atoms with van der Waals surface area (Å²) in [5, 5.41) is 14.9. The van der Waals surface area contributed by atoms with Crippen molar-refractivity contribution in [1.29, 1.82) is 0 Å². The average molecular weight is 459 g/mol. The van der Waals surface area contributed by atoms with Crippen molar-refractivity contribution in [3.8, 4) is 11.1 Å². The maximum atomic E-state index is 13.5. The van der Waals surface area contributed by atoms with Crippen LogP contribution < -0.4 is 10.4 Å². The number of amides is 1. The molecule has 2 fully saturated rings. The third kappa shape index (κ3) is 4.03. The normalized spacial score (nSPS) is 23.8. The Bertz CT molecular complexity index is 1050. The number of anilines is 1. The Labute approximate surface area is 189 Å². The predicted octanol–water partition coefficient (Wildman–Crippen LogP) is 3.78. The molecule has 4 rings (SSSR count). The number of fused-ring (bicyclic) bond motifs is 2. The van der Waals surface area contributed by atoms with E-state index in [1.807, 2.05) is 13.8 Å². The van der Waals surface area contributed by atoms with Crippen molar-refractivity contribution in [1.82, 2.24) is 0 Å². The summed E-state index contributed by atoms with van der Waals surface area (Å²) >= 11 is 1.23. The maximum Gasteiger partial charge on any atom is 0.341 e. The second-order valence-corrected chi connectivity index (χ2v) is 9.80. The molecule has 6 nitrogen and oxygen atoms in total. The number of thiophene rings is 1. The van der Waals surface area contributed by atoms with Gasteiger partial charge in [0, 0.05) is 28.2 Å². The molecule has 0 saturated heterocycles. The highest BCUT2D eigenvalue weighted by Crippen LogP contribution is 2.52. The van der Waals surface area contributed by atoms with E-state index < -0.39 is 35.5 Å². The second-order valence-electron chi connectivity index (χ2n) is 8.57. The van der Waals surface area contributed by atoms with E-state index in [4.69, 9.17) is 4.74 Å². The molecular weight excluding hydrogens is 433 g/mol.